The Morgan fingerprint density at radius 2 is 1.86 bits per heavy atom. The van der Waals surface area contributed by atoms with E-state index in [1.165, 1.54) is 4.90 Å². The van der Waals surface area contributed by atoms with Gasteiger partial charge in [-0.05, 0) is 52.8 Å². The molecule has 1 aromatic heterocycles. The topological polar surface area (TPSA) is 124 Å². The number of carbonyl (C=O) groups is 2. The van der Waals surface area contributed by atoms with Crippen molar-refractivity contribution in [2.45, 2.75) is 71.0 Å². The average Bonchev–Trinajstić information content (AvgIpc) is 3.59. The van der Waals surface area contributed by atoms with Crippen LogP contribution in [0.5, 0.6) is 6.01 Å². The third kappa shape index (κ3) is 6.85. The van der Waals surface area contributed by atoms with Crippen molar-refractivity contribution in [1.82, 2.24) is 24.7 Å². The fraction of sp³-hybridized carbons (Fsp3) is 0.567. The van der Waals surface area contributed by atoms with Gasteiger partial charge in [-0.3, -0.25) is 9.80 Å². The first-order valence-electron chi connectivity index (χ1n) is 14.4. The van der Waals surface area contributed by atoms with Crippen LogP contribution in [0.15, 0.2) is 30.3 Å². The number of nitriles is 1. The zero-order chi connectivity index (χ0) is 29.9. The number of hydrogen-bond donors (Lipinski definition) is 0. The van der Waals surface area contributed by atoms with Crippen LogP contribution in [0.4, 0.5) is 15.4 Å². The lowest BCUT2D eigenvalue weighted by molar-refractivity contribution is 0.0240. The third-order valence-corrected chi connectivity index (χ3v) is 7.74. The number of likely N-dealkylation sites (N-methyl/N-ethyl adjacent to an activating group) is 1. The standard InChI is InChI=1S/C30H39N7O5/c1-30(2,3)42-28(38)36-17-24-25(18-36)32-27(40-20-22-11-8-12-34(22)4)33-26(24)35-13-14-37(23(15-31)16-35)29(39)41-19-21-9-6-5-7-10-21/h5-7,9-10,22-23H,8,11-14,16-20H2,1-4H3/t22-,23-/m0/s1. The van der Waals surface area contributed by atoms with Gasteiger partial charge >= 0.3 is 18.2 Å². The molecule has 2 atom stereocenters. The second kappa shape index (κ2) is 12.4. The van der Waals surface area contributed by atoms with E-state index in [4.69, 9.17) is 19.2 Å². The molecule has 1 aromatic carbocycles. The van der Waals surface area contributed by atoms with Gasteiger partial charge < -0.3 is 24.0 Å². The fourth-order valence-electron chi connectivity index (χ4n) is 5.46. The molecule has 0 unspecified atom stereocenters. The lowest BCUT2D eigenvalue weighted by Gasteiger charge is -2.38. The summed E-state index contributed by atoms with van der Waals surface area (Å²) in [6, 6.07) is 11.5. The molecule has 2 saturated heterocycles. The van der Waals surface area contributed by atoms with Crippen LogP contribution < -0.4 is 9.64 Å². The first-order valence-corrected chi connectivity index (χ1v) is 14.4. The number of anilines is 1. The van der Waals surface area contributed by atoms with E-state index in [1.54, 1.807) is 4.90 Å². The number of aromatic nitrogens is 2. The van der Waals surface area contributed by atoms with E-state index in [9.17, 15) is 14.9 Å². The number of likely N-dealkylation sites (tertiary alicyclic amines) is 1. The first-order chi connectivity index (χ1) is 20.1. The summed E-state index contributed by atoms with van der Waals surface area (Å²) in [5.74, 6) is 0.610. The number of ether oxygens (including phenoxy) is 3. The molecule has 0 bridgehead atoms. The molecule has 12 nitrogen and oxygen atoms in total. The van der Waals surface area contributed by atoms with Gasteiger partial charge in [0.25, 0.3) is 0 Å². The molecule has 5 rings (SSSR count). The summed E-state index contributed by atoms with van der Waals surface area (Å²) in [4.78, 5) is 42.6. The maximum Gasteiger partial charge on any atom is 0.411 e. The summed E-state index contributed by atoms with van der Waals surface area (Å²) in [5, 5.41) is 10.0. The van der Waals surface area contributed by atoms with Gasteiger partial charge in [-0.1, -0.05) is 30.3 Å². The van der Waals surface area contributed by atoms with Crippen molar-refractivity contribution in [3.05, 3.63) is 47.2 Å². The molecule has 2 fully saturated rings. The van der Waals surface area contributed by atoms with Crippen molar-refractivity contribution in [1.29, 1.82) is 5.26 Å². The number of fused-ring (bicyclic) bond motifs is 1. The second-order valence-corrected chi connectivity index (χ2v) is 12.0. The Labute approximate surface area is 246 Å². The van der Waals surface area contributed by atoms with E-state index in [0.29, 0.717) is 24.7 Å². The zero-order valence-corrected chi connectivity index (χ0v) is 24.8. The highest BCUT2D eigenvalue weighted by Gasteiger charge is 2.37. The van der Waals surface area contributed by atoms with Gasteiger partial charge in [0.1, 0.15) is 30.7 Å². The minimum absolute atomic E-state index is 0.134. The predicted molar refractivity (Wildman–Crippen MR) is 154 cm³/mol. The Morgan fingerprint density at radius 1 is 1.07 bits per heavy atom. The van der Waals surface area contributed by atoms with Crippen LogP contribution >= 0.6 is 0 Å². The highest BCUT2D eigenvalue weighted by Crippen LogP contribution is 2.33. The molecular formula is C30H39N7O5. The Morgan fingerprint density at radius 3 is 2.55 bits per heavy atom. The summed E-state index contributed by atoms with van der Waals surface area (Å²) >= 11 is 0. The molecular weight excluding hydrogens is 538 g/mol. The van der Waals surface area contributed by atoms with E-state index in [0.717, 1.165) is 30.5 Å². The molecule has 2 aromatic rings. The number of rotatable bonds is 6. The highest BCUT2D eigenvalue weighted by molar-refractivity contribution is 5.71. The van der Waals surface area contributed by atoms with E-state index < -0.39 is 23.8 Å². The average molecular weight is 578 g/mol. The van der Waals surface area contributed by atoms with E-state index in [2.05, 4.69) is 23.0 Å². The predicted octanol–water partition coefficient (Wildman–Crippen LogP) is 3.55. The summed E-state index contributed by atoms with van der Waals surface area (Å²) in [6.07, 6.45) is 1.22. The molecule has 42 heavy (non-hydrogen) atoms. The van der Waals surface area contributed by atoms with Crippen LogP contribution in [0.1, 0.15) is 50.4 Å². The van der Waals surface area contributed by atoms with Crippen LogP contribution in [0, 0.1) is 11.3 Å². The molecule has 0 N–H and O–H groups in total. The van der Waals surface area contributed by atoms with Crippen LogP contribution in [0.3, 0.4) is 0 Å². The Bertz CT molecular complexity index is 1330. The minimum atomic E-state index is -0.743. The molecule has 2 amide bonds. The molecule has 0 aliphatic carbocycles. The molecule has 12 heteroatoms. The SMILES string of the molecule is CN1CCC[C@H]1COc1nc2c(c(N3CCN(C(=O)OCc4ccccc4)[C@@H](C#N)C3)n1)CN(C(=O)OC(C)(C)C)C2. The molecule has 0 saturated carbocycles. The Balaban J connectivity index is 1.33. The maximum atomic E-state index is 12.9. The number of hydrogen-bond acceptors (Lipinski definition) is 10. The monoisotopic (exact) mass is 577 g/mol. The lowest BCUT2D eigenvalue weighted by atomic mass is 10.1. The van der Waals surface area contributed by atoms with Crippen molar-refractivity contribution in [2.75, 3.05) is 44.7 Å². The van der Waals surface area contributed by atoms with Crippen LogP contribution in [0.2, 0.25) is 0 Å². The Hall–Kier alpha value is -4.11. The third-order valence-electron chi connectivity index (χ3n) is 7.74. The smallest absolute Gasteiger partial charge is 0.411 e. The summed E-state index contributed by atoms with van der Waals surface area (Å²) < 4.78 is 17.2. The van der Waals surface area contributed by atoms with Gasteiger partial charge in [0.2, 0.25) is 0 Å². The van der Waals surface area contributed by atoms with Gasteiger partial charge in [0, 0.05) is 24.7 Å². The molecule has 0 radical (unpaired) electrons. The molecule has 3 aliphatic rings. The first kappa shape index (κ1) is 29.4. The van der Waals surface area contributed by atoms with Crippen molar-refractivity contribution in [3.63, 3.8) is 0 Å². The van der Waals surface area contributed by atoms with E-state index in [-0.39, 0.29) is 44.8 Å². The van der Waals surface area contributed by atoms with E-state index >= 15 is 0 Å². The lowest BCUT2D eigenvalue weighted by Crippen LogP contribution is -2.55. The number of amides is 2. The normalized spacial score (nSPS) is 20.7. The minimum Gasteiger partial charge on any atom is -0.462 e. The summed E-state index contributed by atoms with van der Waals surface area (Å²) in [5.41, 5.74) is 1.73. The van der Waals surface area contributed by atoms with E-state index in [1.807, 2.05) is 56.0 Å². The van der Waals surface area contributed by atoms with Gasteiger partial charge in [0.15, 0.2) is 0 Å². The van der Waals surface area contributed by atoms with Crippen molar-refractivity contribution in [3.8, 4) is 12.1 Å². The fourth-order valence-corrected chi connectivity index (χ4v) is 5.46. The summed E-state index contributed by atoms with van der Waals surface area (Å²) in [7, 11) is 2.08. The van der Waals surface area contributed by atoms with Crippen LogP contribution in [0.25, 0.3) is 0 Å². The zero-order valence-electron chi connectivity index (χ0n) is 24.8. The number of piperazine rings is 1. The molecule has 0 spiro atoms. The largest absolute Gasteiger partial charge is 0.462 e. The molecule has 3 aliphatic heterocycles. The van der Waals surface area contributed by atoms with Crippen molar-refractivity contribution < 1.29 is 23.8 Å². The molecule has 224 valence electrons. The number of nitrogens with zero attached hydrogens (tertiary/aromatic N) is 7. The van der Waals surface area contributed by atoms with Gasteiger partial charge in [-0.2, -0.15) is 15.2 Å². The number of carbonyl (C=O) groups excluding carboxylic acids is 2. The Kier molecular flexibility index (Phi) is 8.68. The van der Waals surface area contributed by atoms with Crippen LogP contribution in [-0.4, -0.2) is 94.4 Å². The number of benzene rings is 1. The second-order valence-electron chi connectivity index (χ2n) is 12.0. The summed E-state index contributed by atoms with van der Waals surface area (Å²) in [6.45, 7) is 8.62. The highest BCUT2D eigenvalue weighted by atomic mass is 16.6. The van der Waals surface area contributed by atoms with Crippen LogP contribution in [-0.2, 0) is 29.2 Å². The molecule has 4 heterocycles. The van der Waals surface area contributed by atoms with Gasteiger partial charge in [0.05, 0.1) is 31.4 Å². The van der Waals surface area contributed by atoms with Crippen molar-refractivity contribution in [2.24, 2.45) is 0 Å². The van der Waals surface area contributed by atoms with Crippen molar-refractivity contribution >= 4 is 18.0 Å². The van der Waals surface area contributed by atoms with Gasteiger partial charge in [-0.25, -0.2) is 9.59 Å². The maximum absolute atomic E-state index is 12.9. The quantitative estimate of drug-likeness (QED) is 0.503. The van der Waals surface area contributed by atoms with Gasteiger partial charge in [-0.15, -0.1) is 0 Å².